The van der Waals surface area contributed by atoms with E-state index in [1.807, 2.05) is 24.5 Å². The molecule has 5 rings (SSSR count). The number of para-hydroxylation sites is 1. The molecule has 1 aromatic carbocycles. The third-order valence-electron chi connectivity index (χ3n) is 6.93. The van der Waals surface area contributed by atoms with Crippen molar-refractivity contribution in [2.75, 3.05) is 16.9 Å². The van der Waals surface area contributed by atoms with Gasteiger partial charge in [-0.15, -0.1) is 0 Å². The van der Waals surface area contributed by atoms with Crippen molar-refractivity contribution in [3.63, 3.8) is 0 Å². The van der Waals surface area contributed by atoms with Crippen LogP contribution in [0.1, 0.15) is 12.8 Å². The Labute approximate surface area is 161 Å². The number of fused-ring (bicyclic) bond motifs is 8. The molecule has 7 unspecified atom stereocenters. The molecular weight excluding hydrogens is 364 g/mol. The third-order valence-corrected chi connectivity index (χ3v) is 7.57. The van der Waals surface area contributed by atoms with Crippen molar-refractivity contribution in [2.45, 2.75) is 31.0 Å². The molecular formula is C20H22N2O4S. The summed E-state index contributed by atoms with van der Waals surface area (Å²) in [6.45, 7) is 0. The van der Waals surface area contributed by atoms with Crippen LogP contribution in [0, 0.1) is 23.7 Å². The van der Waals surface area contributed by atoms with Crippen molar-refractivity contribution >= 4 is 35.2 Å². The molecule has 0 radical (unpaired) electrons. The van der Waals surface area contributed by atoms with E-state index >= 15 is 0 Å². The van der Waals surface area contributed by atoms with Gasteiger partial charge in [0.2, 0.25) is 11.8 Å². The van der Waals surface area contributed by atoms with Gasteiger partial charge < -0.3 is 10.0 Å². The van der Waals surface area contributed by atoms with Gasteiger partial charge in [0, 0.05) is 5.69 Å². The Hall–Kier alpha value is -2.02. The number of imide groups is 1. The number of carbonyl (C=O) groups is 3. The Kier molecular flexibility index (Phi) is 3.79. The highest BCUT2D eigenvalue weighted by Crippen LogP contribution is 2.66. The van der Waals surface area contributed by atoms with Gasteiger partial charge in [-0.2, -0.15) is 11.8 Å². The highest BCUT2D eigenvalue weighted by Gasteiger charge is 2.76. The lowest BCUT2D eigenvalue weighted by atomic mass is 9.81. The second-order valence-electron chi connectivity index (χ2n) is 8.02. The minimum atomic E-state index is -1.07. The first-order chi connectivity index (χ1) is 13.1. The molecule has 2 aliphatic heterocycles. The predicted molar refractivity (Wildman–Crippen MR) is 101 cm³/mol. The molecule has 4 fully saturated rings. The van der Waals surface area contributed by atoms with Crippen molar-refractivity contribution in [1.82, 2.24) is 4.90 Å². The first-order valence-corrected chi connectivity index (χ1v) is 10.9. The monoisotopic (exact) mass is 386 g/mol. The Balaban J connectivity index is 1.41. The number of hydrogen-bond donors (Lipinski definition) is 1. The molecule has 2 bridgehead atoms. The van der Waals surface area contributed by atoms with Crippen molar-refractivity contribution < 1.29 is 19.5 Å². The van der Waals surface area contributed by atoms with E-state index in [9.17, 15) is 19.5 Å². The number of anilines is 1. The summed E-state index contributed by atoms with van der Waals surface area (Å²) in [5, 5.41) is 9.59. The minimum Gasteiger partial charge on any atom is -0.480 e. The molecule has 6 nitrogen and oxygen atoms in total. The molecule has 4 aliphatic rings. The second kappa shape index (κ2) is 5.99. The second-order valence-corrected chi connectivity index (χ2v) is 9.01. The fourth-order valence-corrected chi connectivity index (χ4v) is 6.44. The summed E-state index contributed by atoms with van der Waals surface area (Å²) in [4.78, 5) is 41.4. The Morgan fingerprint density at radius 2 is 1.74 bits per heavy atom. The first kappa shape index (κ1) is 17.1. The minimum absolute atomic E-state index is 0.168. The zero-order chi connectivity index (χ0) is 18.9. The lowest BCUT2D eigenvalue weighted by molar-refractivity contribution is -0.155. The van der Waals surface area contributed by atoms with Gasteiger partial charge in [-0.1, -0.05) is 18.2 Å². The molecule has 0 aromatic heterocycles. The topological polar surface area (TPSA) is 77.7 Å². The van der Waals surface area contributed by atoms with Crippen molar-refractivity contribution in [2.24, 2.45) is 23.7 Å². The number of benzene rings is 1. The Morgan fingerprint density at radius 3 is 2.26 bits per heavy atom. The number of piperidine rings is 1. The van der Waals surface area contributed by atoms with Crippen LogP contribution in [0.5, 0.6) is 0 Å². The van der Waals surface area contributed by atoms with Gasteiger partial charge in [-0.25, -0.2) is 4.79 Å². The molecule has 1 aromatic rings. The summed E-state index contributed by atoms with van der Waals surface area (Å²) in [7, 11) is 0. The molecule has 2 aliphatic carbocycles. The molecule has 142 valence electrons. The highest BCUT2D eigenvalue weighted by atomic mass is 32.2. The number of carboxylic acids is 1. The molecule has 1 N–H and O–H groups in total. The van der Waals surface area contributed by atoms with Gasteiger partial charge in [0.05, 0.1) is 23.9 Å². The van der Waals surface area contributed by atoms with Gasteiger partial charge in [0.15, 0.2) is 0 Å². The summed E-state index contributed by atoms with van der Waals surface area (Å²) in [5.74, 6) is -1.27. The molecule has 7 heteroatoms. The van der Waals surface area contributed by atoms with Crippen LogP contribution in [-0.4, -0.2) is 57.9 Å². The molecule has 2 amide bonds. The number of aliphatic carboxylic acids is 1. The molecule has 2 heterocycles. The number of likely N-dealkylation sites (tertiary alicyclic amines) is 1. The van der Waals surface area contributed by atoms with Crippen LogP contribution < -0.4 is 4.90 Å². The maximum atomic E-state index is 13.1. The SMILES string of the molecule is CSCCC(C(=O)O)N1C(=O)C2C3CC(C2C1=O)C1C3N1c1ccccc1. The number of nitrogens with zero attached hydrogens (tertiary/aromatic N) is 2. The molecule has 27 heavy (non-hydrogen) atoms. The van der Waals surface area contributed by atoms with Gasteiger partial charge in [-0.05, 0) is 48.8 Å². The van der Waals surface area contributed by atoms with Gasteiger partial charge in [-0.3, -0.25) is 14.5 Å². The highest BCUT2D eigenvalue weighted by molar-refractivity contribution is 7.98. The number of amides is 2. The van der Waals surface area contributed by atoms with Crippen LogP contribution in [0.4, 0.5) is 5.69 Å². The van der Waals surface area contributed by atoms with Crippen LogP contribution in [0.25, 0.3) is 0 Å². The fraction of sp³-hybridized carbons (Fsp3) is 0.550. The number of carbonyl (C=O) groups excluding carboxylic acids is 2. The van der Waals surface area contributed by atoms with E-state index in [0.29, 0.717) is 24.3 Å². The number of rotatable bonds is 6. The average Bonchev–Trinajstić information content (AvgIpc) is 3.02. The lowest BCUT2D eigenvalue weighted by Crippen LogP contribution is -2.47. The van der Waals surface area contributed by atoms with E-state index in [1.54, 1.807) is 0 Å². The third kappa shape index (κ3) is 2.24. The summed E-state index contributed by atoms with van der Waals surface area (Å²) in [6.07, 6.45) is 3.13. The van der Waals surface area contributed by atoms with Gasteiger partial charge >= 0.3 is 5.97 Å². The average molecular weight is 386 g/mol. The predicted octanol–water partition coefficient (Wildman–Crippen LogP) is 1.70. The maximum absolute atomic E-state index is 13.1. The van der Waals surface area contributed by atoms with E-state index in [0.717, 1.165) is 17.0 Å². The van der Waals surface area contributed by atoms with Crippen LogP contribution in [0.2, 0.25) is 0 Å². The summed E-state index contributed by atoms with van der Waals surface area (Å²) in [6, 6.07) is 9.77. The van der Waals surface area contributed by atoms with E-state index < -0.39 is 12.0 Å². The summed E-state index contributed by atoms with van der Waals surface area (Å²) >= 11 is 1.53. The lowest BCUT2D eigenvalue weighted by Gasteiger charge is -2.25. The number of thioether (sulfide) groups is 1. The quantitative estimate of drug-likeness (QED) is 0.592. The van der Waals surface area contributed by atoms with E-state index in [-0.39, 0.29) is 35.5 Å². The van der Waals surface area contributed by atoms with Crippen molar-refractivity contribution in [3.8, 4) is 0 Å². The van der Waals surface area contributed by atoms with E-state index in [1.165, 1.54) is 11.8 Å². The van der Waals surface area contributed by atoms with Crippen LogP contribution in [0.3, 0.4) is 0 Å². The standard InChI is InChI=1S/C20H22N2O4S/c1-27-8-7-13(20(25)26)22-18(23)14-11-9-12(15(14)19(22)24)17-16(11)21(17)10-5-3-2-4-6-10/h2-6,11-17H,7-9H2,1H3,(H,25,26). The summed E-state index contributed by atoms with van der Waals surface area (Å²) < 4.78 is 0. The normalized spacial score (nSPS) is 36.8. The Morgan fingerprint density at radius 1 is 1.15 bits per heavy atom. The number of carboxylic acid groups (broad SMARTS) is 1. The van der Waals surface area contributed by atoms with Crippen molar-refractivity contribution in [3.05, 3.63) is 30.3 Å². The van der Waals surface area contributed by atoms with E-state index in [2.05, 4.69) is 17.0 Å². The molecule has 0 spiro atoms. The first-order valence-electron chi connectivity index (χ1n) is 9.48. The zero-order valence-electron chi connectivity index (χ0n) is 15.0. The smallest absolute Gasteiger partial charge is 0.326 e. The maximum Gasteiger partial charge on any atom is 0.326 e. The summed E-state index contributed by atoms with van der Waals surface area (Å²) in [5.41, 5.74) is 1.15. The van der Waals surface area contributed by atoms with Crippen LogP contribution in [0.15, 0.2) is 30.3 Å². The number of hydrogen-bond acceptors (Lipinski definition) is 5. The van der Waals surface area contributed by atoms with Gasteiger partial charge in [0.1, 0.15) is 6.04 Å². The van der Waals surface area contributed by atoms with Crippen LogP contribution in [-0.2, 0) is 14.4 Å². The molecule has 2 saturated carbocycles. The molecule has 7 atom stereocenters. The zero-order valence-corrected chi connectivity index (χ0v) is 15.8. The largest absolute Gasteiger partial charge is 0.480 e. The van der Waals surface area contributed by atoms with Gasteiger partial charge in [0.25, 0.3) is 0 Å². The fourth-order valence-electron chi connectivity index (χ4n) is 5.98. The van der Waals surface area contributed by atoms with Crippen LogP contribution >= 0.6 is 11.8 Å². The Bertz CT molecular complexity index is 781. The van der Waals surface area contributed by atoms with E-state index in [4.69, 9.17) is 0 Å². The molecule has 2 saturated heterocycles. The van der Waals surface area contributed by atoms with Crippen molar-refractivity contribution in [1.29, 1.82) is 0 Å².